The lowest BCUT2D eigenvalue weighted by atomic mass is 10.1. The van der Waals surface area contributed by atoms with Gasteiger partial charge in [-0.25, -0.2) is 4.79 Å². The van der Waals surface area contributed by atoms with E-state index >= 15 is 0 Å². The number of nitrogens with zero attached hydrogens (tertiary/aromatic N) is 1. The van der Waals surface area contributed by atoms with E-state index in [0.29, 0.717) is 26.8 Å². The van der Waals surface area contributed by atoms with Gasteiger partial charge in [0.15, 0.2) is 0 Å². The molecule has 34 heavy (non-hydrogen) atoms. The minimum atomic E-state index is -0.435. The summed E-state index contributed by atoms with van der Waals surface area (Å²) in [5.74, 6) is -1.48. The zero-order valence-corrected chi connectivity index (χ0v) is 21.2. The summed E-state index contributed by atoms with van der Waals surface area (Å²) in [5, 5.41) is 0. The second-order valence-electron chi connectivity index (χ2n) is 7.06. The molecule has 2 N–H and O–H groups in total. The monoisotopic (exact) mass is 561 g/mol. The van der Waals surface area contributed by atoms with Crippen LogP contribution in [0.5, 0.6) is 0 Å². The van der Waals surface area contributed by atoms with E-state index in [1.54, 1.807) is 54.6 Å². The van der Waals surface area contributed by atoms with Crippen LogP contribution in [0, 0.1) is 0 Å². The SMILES string of the molecule is COC(=O)c1ccc(C=C2SC(=S)N(CCCC(=O)NNC(=O)c3ccc(Br)cc3)C2=O)cc1. The molecule has 11 heteroatoms. The number of benzene rings is 2. The number of esters is 1. The Hall–Kier alpha value is -3.02. The Balaban J connectivity index is 1.47. The Morgan fingerprint density at radius 2 is 1.71 bits per heavy atom. The summed E-state index contributed by atoms with van der Waals surface area (Å²) in [4.78, 5) is 50.3. The number of rotatable bonds is 7. The molecule has 0 atom stereocenters. The van der Waals surface area contributed by atoms with E-state index in [1.165, 1.54) is 23.8 Å². The van der Waals surface area contributed by atoms with E-state index in [-0.39, 0.29) is 24.8 Å². The van der Waals surface area contributed by atoms with Crippen molar-refractivity contribution in [2.75, 3.05) is 13.7 Å². The van der Waals surface area contributed by atoms with Crippen LogP contribution in [0.2, 0.25) is 0 Å². The Morgan fingerprint density at radius 1 is 1.06 bits per heavy atom. The third-order valence-electron chi connectivity index (χ3n) is 4.71. The number of methoxy groups -OCH3 is 1. The van der Waals surface area contributed by atoms with Crippen molar-refractivity contribution in [1.29, 1.82) is 0 Å². The van der Waals surface area contributed by atoms with Gasteiger partial charge in [0.25, 0.3) is 11.8 Å². The van der Waals surface area contributed by atoms with Crippen molar-refractivity contribution in [3.63, 3.8) is 0 Å². The summed E-state index contributed by atoms with van der Waals surface area (Å²) in [6.07, 6.45) is 2.17. The molecule has 0 aromatic heterocycles. The van der Waals surface area contributed by atoms with Gasteiger partial charge >= 0.3 is 5.97 Å². The second kappa shape index (κ2) is 11.9. The third-order valence-corrected chi connectivity index (χ3v) is 6.62. The number of thioether (sulfide) groups is 1. The fraction of sp³-hybridized carbons (Fsp3) is 0.174. The first-order valence-corrected chi connectivity index (χ1v) is 12.1. The molecule has 3 rings (SSSR count). The lowest BCUT2D eigenvalue weighted by Crippen LogP contribution is -2.41. The van der Waals surface area contributed by atoms with Gasteiger partial charge in [0.2, 0.25) is 5.91 Å². The smallest absolute Gasteiger partial charge is 0.337 e. The molecular formula is C23H20BrN3O5S2. The predicted molar refractivity (Wildman–Crippen MR) is 137 cm³/mol. The normalized spacial score (nSPS) is 14.3. The highest BCUT2D eigenvalue weighted by Crippen LogP contribution is 2.32. The number of hydrogen-bond acceptors (Lipinski definition) is 7. The van der Waals surface area contributed by atoms with Crippen molar-refractivity contribution in [2.45, 2.75) is 12.8 Å². The number of hydrazine groups is 1. The highest BCUT2D eigenvalue weighted by atomic mass is 79.9. The van der Waals surface area contributed by atoms with E-state index < -0.39 is 11.9 Å². The van der Waals surface area contributed by atoms with Crippen LogP contribution >= 0.6 is 39.9 Å². The van der Waals surface area contributed by atoms with E-state index in [2.05, 4.69) is 31.5 Å². The fourth-order valence-electron chi connectivity index (χ4n) is 2.94. The average molecular weight is 562 g/mol. The maximum absolute atomic E-state index is 12.7. The maximum atomic E-state index is 12.7. The van der Waals surface area contributed by atoms with Crippen molar-refractivity contribution in [2.24, 2.45) is 0 Å². The Labute approximate surface area is 214 Å². The first kappa shape index (κ1) is 25.6. The second-order valence-corrected chi connectivity index (χ2v) is 9.65. The third kappa shape index (κ3) is 6.75. The van der Waals surface area contributed by atoms with Gasteiger partial charge in [-0.05, 0) is 54.5 Å². The minimum Gasteiger partial charge on any atom is -0.465 e. The average Bonchev–Trinajstić information content (AvgIpc) is 3.10. The van der Waals surface area contributed by atoms with Gasteiger partial charge < -0.3 is 4.74 Å². The van der Waals surface area contributed by atoms with Crippen LogP contribution in [0.25, 0.3) is 6.08 Å². The molecule has 176 valence electrons. The van der Waals surface area contributed by atoms with E-state index in [1.807, 2.05) is 0 Å². The number of halogens is 1. The highest BCUT2D eigenvalue weighted by molar-refractivity contribution is 9.10. The van der Waals surface area contributed by atoms with Crippen LogP contribution in [0.3, 0.4) is 0 Å². The van der Waals surface area contributed by atoms with Crippen LogP contribution in [0.4, 0.5) is 0 Å². The van der Waals surface area contributed by atoms with Crippen molar-refractivity contribution >= 4 is 74.0 Å². The first-order valence-electron chi connectivity index (χ1n) is 10.1. The van der Waals surface area contributed by atoms with Gasteiger partial charge in [-0.1, -0.05) is 52.0 Å². The Morgan fingerprint density at radius 3 is 2.35 bits per heavy atom. The summed E-state index contributed by atoms with van der Waals surface area (Å²) < 4.78 is 5.92. The summed E-state index contributed by atoms with van der Waals surface area (Å²) in [5.41, 5.74) is 6.30. The van der Waals surface area contributed by atoms with Crippen LogP contribution in [0.1, 0.15) is 39.1 Å². The Kier molecular flexibility index (Phi) is 8.97. The minimum absolute atomic E-state index is 0.103. The van der Waals surface area contributed by atoms with Crippen molar-refractivity contribution in [3.05, 3.63) is 74.6 Å². The molecular weight excluding hydrogens is 542 g/mol. The molecule has 0 bridgehead atoms. The van der Waals surface area contributed by atoms with Crippen LogP contribution in [-0.2, 0) is 14.3 Å². The molecule has 0 radical (unpaired) electrons. The topological polar surface area (TPSA) is 105 Å². The molecule has 2 aromatic rings. The van der Waals surface area contributed by atoms with Gasteiger partial charge in [0.05, 0.1) is 17.6 Å². The van der Waals surface area contributed by atoms with E-state index in [9.17, 15) is 19.2 Å². The predicted octanol–water partition coefficient (Wildman–Crippen LogP) is 3.68. The lowest BCUT2D eigenvalue weighted by molar-refractivity contribution is -0.124. The number of carbonyl (C=O) groups is 4. The fourth-order valence-corrected chi connectivity index (χ4v) is 4.51. The summed E-state index contributed by atoms with van der Waals surface area (Å²) in [7, 11) is 1.31. The molecule has 0 saturated carbocycles. The van der Waals surface area contributed by atoms with E-state index in [0.717, 1.165) is 10.0 Å². The molecule has 0 aliphatic carbocycles. The number of carbonyl (C=O) groups excluding carboxylic acids is 4. The van der Waals surface area contributed by atoms with E-state index in [4.69, 9.17) is 12.2 Å². The molecule has 0 spiro atoms. The van der Waals surface area contributed by atoms with Gasteiger partial charge in [0, 0.05) is 23.0 Å². The highest BCUT2D eigenvalue weighted by Gasteiger charge is 2.31. The zero-order valence-electron chi connectivity index (χ0n) is 18.0. The molecule has 8 nitrogen and oxygen atoms in total. The number of nitrogens with one attached hydrogen (secondary N) is 2. The van der Waals surface area contributed by atoms with Gasteiger partial charge in [0.1, 0.15) is 4.32 Å². The number of amides is 3. The molecule has 1 saturated heterocycles. The standard InChI is InChI=1S/C23H20BrN3O5S2/c1-32-22(31)16-6-4-14(5-7-16)13-18-21(30)27(23(33)34-18)12-2-3-19(28)25-26-20(29)15-8-10-17(24)11-9-15/h4-11,13H,2-3,12H2,1H3,(H,25,28)(H,26,29). The summed E-state index contributed by atoms with van der Waals surface area (Å²) in [6, 6.07) is 13.4. The zero-order chi connectivity index (χ0) is 24.7. The van der Waals surface area contributed by atoms with Crippen molar-refractivity contribution in [3.8, 4) is 0 Å². The summed E-state index contributed by atoms with van der Waals surface area (Å²) >= 11 is 9.79. The van der Waals surface area contributed by atoms with Crippen LogP contribution < -0.4 is 10.9 Å². The van der Waals surface area contributed by atoms with Crippen molar-refractivity contribution in [1.82, 2.24) is 15.8 Å². The molecule has 1 fully saturated rings. The van der Waals surface area contributed by atoms with Crippen LogP contribution in [0.15, 0.2) is 57.9 Å². The van der Waals surface area contributed by atoms with Crippen LogP contribution in [-0.4, -0.2) is 46.6 Å². The first-order chi connectivity index (χ1) is 16.3. The van der Waals surface area contributed by atoms with Gasteiger partial charge in [-0.2, -0.15) is 0 Å². The number of thiocarbonyl (C=S) groups is 1. The van der Waals surface area contributed by atoms with Gasteiger partial charge in [-0.3, -0.25) is 30.1 Å². The maximum Gasteiger partial charge on any atom is 0.337 e. The molecule has 3 amide bonds. The Bertz CT molecular complexity index is 1150. The largest absolute Gasteiger partial charge is 0.465 e. The molecule has 2 aromatic carbocycles. The summed E-state index contributed by atoms with van der Waals surface area (Å²) in [6.45, 7) is 0.275. The quantitative estimate of drug-likeness (QED) is 0.230. The molecule has 1 heterocycles. The number of ether oxygens (including phenoxy) is 1. The lowest BCUT2D eigenvalue weighted by Gasteiger charge is -2.14. The van der Waals surface area contributed by atoms with Gasteiger partial charge in [-0.15, -0.1) is 0 Å². The number of hydrogen-bond donors (Lipinski definition) is 2. The van der Waals surface area contributed by atoms with Crippen molar-refractivity contribution < 1.29 is 23.9 Å². The molecule has 0 unspecified atom stereocenters. The molecule has 1 aliphatic rings. The molecule has 1 aliphatic heterocycles.